The maximum atomic E-state index is 8.28. The lowest BCUT2D eigenvalue weighted by Gasteiger charge is -2.23. The maximum absolute atomic E-state index is 8.28. The second kappa shape index (κ2) is 9.44. The molecule has 0 aliphatic heterocycles. The van der Waals surface area contributed by atoms with E-state index >= 15 is 0 Å². The molecule has 0 aromatic heterocycles. The summed E-state index contributed by atoms with van der Waals surface area (Å²) in [4.78, 5) is 5.48. The molecule has 0 aromatic rings. The van der Waals surface area contributed by atoms with Gasteiger partial charge in [0, 0.05) is 22.9 Å². The first-order valence-corrected chi connectivity index (χ1v) is 6.50. The Kier molecular flexibility index (Phi) is 8.76. The zero-order chi connectivity index (χ0) is 15.5. The number of azide groups is 2. The van der Waals surface area contributed by atoms with Crippen molar-refractivity contribution in [2.75, 3.05) is 39.5 Å². The Bertz CT molecular complexity index is 334. The molecule has 0 spiro atoms. The van der Waals surface area contributed by atoms with Gasteiger partial charge in [-0.2, -0.15) is 0 Å². The first-order valence-electron chi connectivity index (χ1n) is 6.50. The van der Waals surface area contributed by atoms with Crippen LogP contribution in [0.5, 0.6) is 0 Å². The fourth-order valence-electron chi connectivity index (χ4n) is 1.35. The molecule has 0 atom stereocenters. The summed E-state index contributed by atoms with van der Waals surface area (Å²) < 4.78 is 11.0. The van der Waals surface area contributed by atoms with Crippen LogP contribution < -0.4 is 0 Å². The summed E-state index contributed by atoms with van der Waals surface area (Å²) >= 11 is 0. The summed E-state index contributed by atoms with van der Waals surface area (Å²) in [5.41, 5.74) is 16.2. The van der Waals surface area contributed by atoms with E-state index < -0.39 is 0 Å². The molecule has 0 saturated carbocycles. The van der Waals surface area contributed by atoms with Crippen molar-refractivity contribution < 1.29 is 9.47 Å². The molecule has 8 nitrogen and oxygen atoms in total. The molecular weight excluding hydrogens is 260 g/mol. The molecule has 0 heterocycles. The van der Waals surface area contributed by atoms with E-state index in [9.17, 15) is 0 Å². The smallest absolute Gasteiger partial charge is 0.0700 e. The van der Waals surface area contributed by atoms with Gasteiger partial charge in [0.2, 0.25) is 0 Å². The summed E-state index contributed by atoms with van der Waals surface area (Å²) in [6.07, 6.45) is 0. The van der Waals surface area contributed by atoms with Crippen molar-refractivity contribution in [1.29, 1.82) is 0 Å². The number of nitrogens with zero attached hydrogens (tertiary/aromatic N) is 6. The van der Waals surface area contributed by atoms with Gasteiger partial charge < -0.3 is 9.47 Å². The second-order valence-corrected chi connectivity index (χ2v) is 6.21. The second-order valence-electron chi connectivity index (χ2n) is 6.21. The molecule has 0 amide bonds. The van der Waals surface area contributed by atoms with Crippen molar-refractivity contribution >= 4 is 0 Å². The quantitative estimate of drug-likeness (QED) is 0.249. The van der Waals surface area contributed by atoms with Gasteiger partial charge in [0.05, 0.1) is 26.4 Å². The van der Waals surface area contributed by atoms with Gasteiger partial charge in [0.1, 0.15) is 0 Å². The molecule has 0 radical (unpaired) electrons. The van der Waals surface area contributed by atoms with Crippen LogP contribution in [0.3, 0.4) is 0 Å². The average Bonchev–Trinajstić information content (AvgIpc) is 2.38. The summed E-state index contributed by atoms with van der Waals surface area (Å²) in [6.45, 7) is 10.7. The molecule has 20 heavy (non-hydrogen) atoms. The van der Waals surface area contributed by atoms with Crippen LogP contribution in [0.2, 0.25) is 0 Å². The Morgan fingerprint density at radius 1 is 0.800 bits per heavy atom. The Balaban J connectivity index is 3.72. The van der Waals surface area contributed by atoms with Crippen LogP contribution in [0.15, 0.2) is 10.2 Å². The zero-order valence-corrected chi connectivity index (χ0v) is 12.7. The van der Waals surface area contributed by atoms with E-state index in [1.807, 2.05) is 27.7 Å². The summed E-state index contributed by atoms with van der Waals surface area (Å²) in [6, 6.07) is 0. The van der Waals surface area contributed by atoms with Crippen LogP contribution in [-0.4, -0.2) is 39.5 Å². The zero-order valence-electron chi connectivity index (χ0n) is 12.7. The van der Waals surface area contributed by atoms with E-state index in [1.54, 1.807) is 0 Å². The van der Waals surface area contributed by atoms with Crippen molar-refractivity contribution in [3.63, 3.8) is 0 Å². The minimum absolute atomic E-state index is 0.174. The lowest BCUT2D eigenvalue weighted by Crippen LogP contribution is -2.26. The molecule has 0 aliphatic rings. The van der Waals surface area contributed by atoms with Gasteiger partial charge in [-0.15, -0.1) is 0 Å². The molecule has 0 N–H and O–H groups in total. The number of hydrogen-bond donors (Lipinski definition) is 0. The monoisotopic (exact) mass is 284 g/mol. The van der Waals surface area contributed by atoms with Crippen LogP contribution >= 0.6 is 0 Å². The highest BCUT2D eigenvalue weighted by Crippen LogP contribution is 2.17. The fourth-order valence-corrected chi connectivity index (χ4v) is 1.35. The molecule has 0 unspecified atom stereocenters. The molecule has 0 fully saturated rings. The summed E-state index contributed by atoms with van der Waals surface area (Å²) in [7, 11) is 0. The van der Waals surface area contributed by atoms with Crippen molar-refractivity contribution in [2.24, 2.45) is 21.1 Å². The Hall–Kier alpha value is -1.46. The molecule has 0 bridgehead atoms. The van der Waals surface area contributed by atoms with Crippen LogP contribution in [0, 0.1) is 10.8 Å². The van der Waals surface area contributed by atoms with Gasteiger partial charge in [0.25, 0.3) is 0 Å². The predicted octanol–water partition coefficient (Wildman–Crippen LogP) is 3.69. The summed E-state index contributed by atoms with van der Waals surface area (Å²) in [5.74, 6) is 0. The molecule has 0 rings (SSSR count). The minimum Gasteiger partial charge on any atom is -0.379 e. The normalized spacial score (nSPS) is 11.6. The predicted molar refractivity (Wildman–Crippen MR) is 77.2 cm³/mol. The molecule has 8 heteroatoms. The van der Waals surface area contributed by atoms with E-state index in [4.69, 9.17) is 20.5 Å². The largest absolute Gasteiger partial charge is 0.379 e. The van der Waals surface area contributed by atoms with Crippen molar-refractivity contribution in [2.45, 2.75) is 27.7 Å². The third kappa shape index (κ3) is 10.5. The third-order valence-corrected chi connectivity index (χ3v) is 2.48. The molecular formula is C12H24N6O2. The van der Waals surface area contributed by atoms with Gasteiger partial charge in [-0.05, 0) is 21.9 Å². The highest BCUT2D eigenvalue weighted by Gasteiger charge is 2.18. The fraction of sp³-hybridized carbons (Fsp3) is 1.00. The standard InChI is InChI=1S/C12H24N6O2/c1-11(2,7-15-17-13)9-19-5-6-20-10-12(3,4)8-16-18-14/h5-10H2,1-4H3. The van der Waals surface area contributed by atoms with Gasteiger partial charge in [-0.1, -0.05) is 37.9 Å². The van der Waals surface area contributed by atoms with Crippen molar-refractivity contribution in [1.82, 2.24) is 0 Å². The Morgan fingerprint density at radius 2 is 1.15 bits per heavy atom. The minimum atomic E-state index is -0.174. The SMILES string of the molecule is CC(C)(CN=[N+]=[N-])COCCOCC(C)(C)CN=[N+]=[N-]. The maximum Gasteiger partial charge on any atom is 0.0700 e. The molecule has 0 aromatic carbocycles. The lowest BCUT2D eigenvalue weighted by molar-refractivity contribution is -0.00240. The van der Waals surface area contributed by atoms with E-state index in [0.717, 1.165) is 0 Å². The highest BCUT2D eigenvalue weighted by molar-refractivity contribution is 4.72. The number of hydrogen-bond acceptors (Lipinski definition) is 4. The van der Waals surface area contributed by atoms with Gasteiger partial charge in [0.15, 0.2) is 0 Å². The lowest BCUT2D eigenvalue weighted by atomic mass is 9.95. The Labute approximate surface area is 119 Å². The highest BCUT2D eigenvalue weighted by atomic mass is 16.5. The van der Waals surface area contributed by atoms with Crippen molar-refractivity contribution in [3.05, 3.63) is 20.9 Å². The third-order valence-electron chi connectivity index (χ3n) is 2.48. The van der Waals surface area contributed by atoms with E-state index in [1.165, 1.54) is 0 Å². The average molecular weight is 284 g/mol. The summed E-state index contributed by atoms with van der Waals surface area (Å²) in [5, 5.41) is 7.10. The van der Waals surface area contributed by atoms with Crippen LogP contribution in [-0.2, 0) is 9.47 Å². The number of ether oxygens (including phenoxy) is 2. The van der Waals surface area contributed by atoms with Crippen LogP contribution in [0.4, 0.5) is 0 Å². The van der Waals surface area contributed by atoms with E-state index in [-0.39, 0.29) is 10.8 Å². The Morgan fingerprint density at radius 3 is 1.45 bits per heavy atom. The van der Waals surface area contributed by atoms with E-state index in [2.05, 4.69) is 20.1 Å². The van der Waals surface area contributed by atoms with E-state index in [0.29, 0.717) is 39.5 Å². The van der Waals surface area contributed by atoms with Crippen molar-refractivity contribution in [3.8, 4) is 0 Å². The molecule has 0 saturated heterocycles. The van der Waals surface area contributed by atoms with Gasteiger partial charge >= 0.3 is 0 Å². The van der Waals surface area contributed by atoms with Gasteiger partial charge in [-0.25, -0.2) is 0 Å². The van der Waals surface area contributed by atoms with Crippen LogP contribution in [0.25, 0.3) is 20.9 Å². The topological polar surface area (TPSA) is 116 Å². The first kappa shape index (κ1) is 18.5. The van der Waals surface area contributed by atoms with Crippen LogP contribution in [0.1, 0.15) is 27.7 Å². The number of rotatable bonds is 11. The molecule has 0 aliphatic carbocycles. The molecule has 114 valence electrons. The van der Waals surface area contributed by atoms with Gasteiger partial charge in [-0.3, -0.25) is 0 Å². The first-order chi connectivity index (χ1) is 9.33.